The van der Waals surface area contributed by atoms with Gasteiger partial charge in [-0.1, -0.05) is 38.1 Å². The molecular weight excluding hydrogens is 236 g/mol. The Balaban J connectivity index is 2.75. The number of hydrogen-bond donors (Lipinski definition) is 0. The summed E-state index contributed by atoms with van der Waals surface area (Å²) in [5.74, 6) is -0.229. The van der Waals surface area contributed by atoms with E-state index in [1.807, 2.05) is 24.3 Å². The van der Waals surface area contributed by atoms with Crippen LogP contribution in [0.2, 0.25) is 0 Å². The number of carbonyl (C=O) groups is 1. The summed E-state index contributed by atoms with van der Waals surface area (Å²) >= 11 is 0. The van der Waals surface area contributed by atoms with Crippen molar-refractivity contribution in [2.45, 2.75) is 26.2 Å². The van der Waals surface area contributed by atoms with E-state index in [4.69, 9.17) is 0 Å². The van der Waals surface area contributed by atoms with Gasteiger partial charge in [0.25, 0.3) is 0 Å². The molecule has 4 heteroatoms. The molecule has 0 atom stereocenters. The lowest BCUT2D eigenvalue weighted by molar-refractivity contribution is -0.116. The second-order valence-electron chi connectivity index (χ2n) is 4.69. The second-order valence-corrected chi connectivity index (χ2v) is 6.83. The van der Waals surface area contributed by atoms with Crippen molar-refractivity contribution in [2.75, 3.05) is 12.0 Å². The number of rotatable bonds is 5. The fraction of sp³-hybridized carbons (Fsp3) is 0.462. The fourth-order valence-corrected chi connectivity index (χ4v) is 2.32. The fourth-order valence-electron chi connectivity index (χ4n) is 1.63. The molecule has 0 N–H and O–H groups in total. The van der Waals surface area contributed by atoms with Crippen LogP contribution in [0.4, 0.5) is 0 Å². The highest BCUT2D eigenvalue weighted by molar-refractivity contribution is 7.91. The summed E-state index contributed by atoms with van der Waals surface area (Å²) in [4.78, 5) is 11.5. The zero-order chi connectivity index (χ0) is 13.1. The molecule has 0 unspecified atom stereocenters. The normalized spacial score (nSPS) is 11.8. The number of ketones is 1. The summed E-state index contributed by atoms with van der Waals surface area (Å²) in [5.41, 5.74) is 2.04. The minimum absolute atomic E-state index is 0.188. The van der Waals surface area contributed by atoms with Crippen molar-refractivity contribution in [1.82, 2.24) is 0 Å². The molecular formula is C13H18O3S. The molecule has 0 saturated heterocycles. The molecule has 0 amide bonds. The van der Waals surface area contributed by atoms with Crippen LogP contribution < -0.4 is 0 Å². The quantitative estimate of drug-likeness (QED) is 0.807. The zero-order valence-corrected chi connectivity index (χ0v) is 11.3. The number of Topliss-reactive ketones (excluding diaryl/α,β-unsaturated/α-hetero) is 1. The van der Waals surface area contributed by atoms with Gasteiger partial charge in [0, 0.05) is 12.7 Å². The van der Waals surface area contributed by atoms with E-state index in [2.05, 4.69) is 13.8 Å². The lowest BCUT2D eigenvalue weighted by atomic mass is 9.99. The van der Waals surface area contributed by atoms with Crippen LogP contribution in [0.5, 0.6) is 0 Å². The van der Waals surface area contributed by atoms with Crippen molar-refractivity contribution in [3.63, 3.8) is 0 Å². The lowest BCUT2D eigenvalue weighted by Crippen LogP contribution is -2.16. The SMILES string of the molecule is CC(C)c1cccc(CC(=O)CS(C)(=O)=O)c1. The molecule has 0 radical (unpaired) electrons. The summed E-state index contributed by atoms with van der Waals surface area (Å²) in [7, 11) is -3.22. The Morgan fingerprint density at radius 2 is 1.94 bits per heavy atom. The molecule has 1 rings (SSSR count). The van der Waals surface area contributed by atoms with Gasteiger partial charge in [0.15, 0.2) is 15.6 Å². The molecule has 1 aromatic rings. The maximum Gasteiger partial charge on any atom is 0.154 e. The van der Waals surface area contributed by atoms with Gasteiger partial charge >= 0.3 is 0 Å². The molecule has 0 aliphatic heterocycles. The molecule has 3 nitrogen and oxygen atoms in total. The van der Waals surface area contributed by atoms with Gasteiger partial charge in [-0.25, -0.2) is 8.42 Å². The van der Waals surface area contributed by atoms with Gasteiger partial charge in [0.05, 0.1) is 0 Å². The minimum Gasteiger partial charge on any atom is -0.298 e. The summed E-state index contributed by atoms with van der Waals surface area (Å²) in [6, 6.07) is 7.73. The van der Waals surface area contributed by atoms with Gasteiger partial charge in [0.1, 0.15) is 5.75 Å². The summed E-state index contributed by atoms with van der Waals surface area (Å²) in [5, 5.41) is 0. The Bertz CT molecular complexity index is 501. The molecule has 94 valence electrons. The first-order valence-corrected chi connectivity index (χ1v) is 7.62. The van der Waals surface area contributed by atoms with Crippen molar-refractivity contribution in [3.8, 4) is 0 Å². The smallest absolute Gasteiger partial charge is 0.154 e. The van der Waals surface area contributed by atoms with E-state index in [0.717, 1.165) is 17.4 Å². The monoisotopic (exact) mass is 254 g/mol. The van der Waals surface area contributed by atoms with Crippen LogP contribution in [0.15, 0.2) is 24.3 Å². The summed E-state index contributed by atoms with van der Waals surface area (Å²) < 4.78 is 22.0. The van der Waals surface area contributed by atoms with Crippen molar-refractivity contribution in [3.05, 3.63) is 35.4 Å². The Morgan fingerprint density at radius 3 is 2.47 bits per heavy atom. The standard InChI is InChI=1S/C13H18O3S/c1-10(2)12-6-4-5-11(7-12)8-13(14)9-17(3,15)16/h4-7,10H,8-9H2,1-3H3. The topological polar surface area (TPSA) is 51.2 Å². The van der Waals surface area contributed by atoms with Crippen LogP contribution in [-0.2, 0) is 21.1 Å². The van der Waals surface area contributed by atoms with Gasteiger partial charge in [-0.2, -0.15) is 0 Å². The average Bonchev–Trinajstić information content (AvgIpc) is 2.14. The van der Waals surface area contributed by atoms with E-state index in [9.17, 15) is 13.2 Å². The van der Waals surface area contributed by atoms with Crippen LogP contribution in [0.25, 0.3) is 0 Å². The second kappa shape index (κ2) is 5.45. The number of sulfone groups is 1. The highest BCUT2D eigenvalue weighted by atomic mass is 32.2. The molecule has 0 bridgehead atoms. The summed E-state index contributed by atoms with van der Waals surface area (Å²) in [6.07, 6.45) is 1.27. The Kier molecular flexibility index (Phi) is 4.46. The summed E-state index contributed by atoms with van der Waals surface area (Å²) in [6.45, 7) is 4.16. The van der Waals surface area contributed by atoms with E-state index >= 15 is 0 Å². The molecule has 0 aliphatic carbocycles. The van der Waals surface area contributed by atoms with E-state index in [-0.39, 0.29) is 18.0 Å². The molecule has 0 saturated carbocycles. The van der Waals surface area contributed by atoms with Gasteiger partial charge in [-0.3, -0.25) is 4.79 Å². The molecule has 17 heavy (non-hydrogen) atoms. The third-order valence-corrected chi connectivity index (χ3v) is 3.29. The largest absolute Gasteiger partial charge is 0.298 e. The van der Waals surface area contributed by atoms with Crippen LogP contribution in [0.3, 0.4) is 0 Å². The molecule has 0 aliphatic rings. The van der Waals surface area contributed by atoms with Crippen molar-refractivity contribution < 1.29 is 13.2 Å². The van der Waals surface area contributed by atoms with E-state index in [1.165, 1.54) is 0 Å². The first kappa shape index (κ1) is 13.9. The molecule has 0 fully saturated rings. The Labute approximate surface area is 103 Å². The zero-order valence-electron chi connectivity index (χ0n) is 10.4. The maximum absolute atomic E-state index is 11.5. The van der Waals surface area contributed by atoms with Crippen LogP contribution in [-0.4, -0.2) is 26.2 Å². The van der Waals surface area contributed by atoms with Crippen LogP contribution in [0, 0.1) is 0 Å². The molecule has 0 heterocycles. The average molecular weight is 254 g/mol. The van der Waals surface area contributed by atoms with Gasteiger partial charge < -0.3 is 0 Å². The lowest BCUT2D eigenvalue weighted by Gasteiger charge is -2.07. The predicted octanol–water partition coefficient (Wildman–Crippen LogP) is 1.97. The number of hydrogen-bond acceptors (Lipinski definition) is 3. The molecule has 1 aromatic carbocycles. The van der Waals surface area contributed by atoms with Gasteiger partial charge in [-0.05, 0) is 17.0 Å². The highest BCUT2D eigenvalue weighted by Crippen LogP contribution is 2.16. The minimum atomic E-state index is -3.22. The third-order valence-electron chi connectivity index (χ3n) is 2.44. The molecule has 0 spiro atoms. The molecule has 0 aromatic heterocycles. The van der Waals surface area contributed by atoms with Crippen LogP contribution >= 0.6 is 0 Å². The van der Waals surface area contributed by atoms with E-state index < -0.39 is 9.84 Å². The van der Waals surface area contributed by atoms with E-state index in [0.29, 0.717) is 5.92 Å². The van der Waals surface area contributed by atoms with E-state index in [1.54, 1.807) is 0 Å². The van der Waals surface area contributed by atoms with Crippen molar-refractivity contribution in [1.29, 1.82) is 0 Å². The maximum atomic E-state index is 11.5. The number of benzene rings is 1. The van der Waals surface area contributed by atoms with Gasteiger partial charge in [0.2, 0.25) is 0 Å². The van der Waals surface area contributed by atoms with Crippen LogP contribution in [0.1, 0.15) is 30.9 Å². The first-order chi connectivity index (χ1) is 7.78. The predicted molar refractivity (Wildman–Crippen MR) is 69.0 cm³/mol. The Hall–Kier alpha value is -1.16. The first-order valence-electron chi connectivity index (χ1n) is 5.56. The third kappa shape index (κ3) is 5.13. The van der Waals surface area contributed by atoms with Gasteiger partial charge in [-0.15, -0.1) is 0 Å². The van der Waals surface area contributed by atoms with Crippen molar-refractivity contribution >= 4 is 15.6 Å². The van der Waals surface area contributed by atoms with Crippen molar-refractivity contribution in [2.24, 2.45) is 0 Å². The Morgan fingerprint density at radius 1 is 1.29 bits per heavy atom. The number of carbonyl (C=O) groups excluding carboxylic acids is 1. The highest BCUT2D eigenvalue weighted by Gasteiger charge is 2.12.